The zero-order chi connectivity index (χ0) is 13.3. The third-order valence-electron chi connectivity index (χ3n) is 2.77. The number of aromatic nitrogens is 2. The summed E-state index contributed by atoms with van der Waals surface area (Å²) in [5.41, 5.74) is 2.86. The first-order chi connectivity index (χ1) is 8.47. The fourth-order valence-electron chi connectivity index (χ4n) is 1.89. The van der Waals surface area contributed by atoms with Gasteiger partial charge in [-0.25, -0.2) is 14.4 Å². The minimum atomic E-state index is -0.603. The molecule has 0 aliphatic carbocycles. The van der Waals surface area contributed by atoms with Crippen LogP contribution in [0.2, 0.25) is 0 Å². The van der Waals surface area contributed by atoms with Crippen molar-refractivity contribution in [2.75, 3.05) is 0 Å². The van der Waals surface area contributed by atoms with Gasteiger partial charge in [-0.15, -0.1) is 0 Å². The summed E-state index contributed by atoms with van der Waals surface area (Å²) in [5, 5.41) is 9.51. The molecular weight excluding hydrogens is 231 g/mol. The SMILES string of the molecule is Cc1cc(F)cc(-c2ncc([C@@H](C)O)c(C)n2)c1. The van der Waals surface area contributed by atoms with Crippen molar-refractivity contribution in [2.24, 2.45) is 0 Å². The summed E-state index contributed by atoms with van der Waals surface area (Å²) < 4.78 is 13.3. The average molecular weight is 246 g/mol. The van der Waals surface area contributed by atoms with Crippen molar-refractivity contribution < 1.29 is 9.50 Å². The van der Waals surface area contributed by atoms with Gasteiger partial charge in [-0.1, -0.05) is 0 Å². The van der Waals surface area contributed by atoms with Crippen LogP contribution in [0.3, 0.4) is 0 Å². The van der Waals surface area contributed by atoms with E-state index in [9.17, 15) is 9.50 Å². The fraction of sp³-hybridized carbons (Fsp3) is 0.286. The van der Waals surface area contributed by atoms with Crippen LogP contribution in [0.15, 0.2) is 24.4 Å². The van der Waals surface area contributed by atoms with E-state index in [0.29, 0.717) is 22.6 Å². The minimum absolute atomic E-state index is 0.300. The van der Waals surface area contributed by atoms with Crippen LogP contribution in [0.25, 0.3) is 11.4 Å². The lowest BCUT2D eigenvalue weighted by atomic mass is 10.1. The van der Waals surface area contributed by atoms with Crippen LogP contribution in [0.5, 0.6) is 0 Å². The maximum Gasteiger partial charge on any atom is 0.159 e. The summed E-state index contributed by atoms with van der Waals surface area (Å²) in [7, 11) is 0. The van der Waals surface area contributed by atoms with Crippen LogP contribution in [0, 0.1) is 19.7 Å². The standard InChI is InChI=1S/C14H15FN2O/c1-8-4-11(6-12(15)5-8)14-16-7-13(10(3)18)9(2)17-14/h4-7,10,18H,1-3H3/t10-/m1/s1. The van der Waals surface area contributed by atoms with Crippen LogP contribution in [0.4, 0.5) is 4.39 Å². The molecule has 4 heteroatoms. The Kier molecular flexibility index (Phi) is 3.39. The number of nitrogens with zero attached hydrogens (tertiary/aromatic N) is 2. The monoisotopic (exact) mass is 246 g/mol. The molecule has 0 saturated carbocycles. The van der Waals surface area contributed by atoms with Gasteiger partial charge >= 0.3 is 0 Å². The Morgan fingerprint density at radius 1 is 1.22 bits per heavy atom. The second-order valence-electron chi connectivity index (χ2n) is 4.43. The van der Waals surface area contributed by atoms with E-state index in [4.69, 9.17) is 0 Å². The highest BCUT2D eigenvalue weighted by atomic mass is 19.1. The number of aliphatic hydroxyl groups excluding tert-OH is 1. The lowest BCUT2D eigenvalue weighted by molar-refractivity contribution is 0.197. The van der Waals surface area contributed by atoms with Crippen molar-refractivity contribution in [1.29, 1.82) is 0 Å². The topological polar surface area (TPSA) is 46.0 Å². The predicted octanol–water partition coefficient (Wildman–Crippen LogP) is 2.95. The summed E-state index contributed by atoms with van der Waals surface area (Å²) in [5.74, 6) is 0.172. The van der Waals surface area contributed by atoms with E-state index in [1.165, 1.54) is 12.1 Å². The summed E-state index contributed by atoms with van der Waals surface area (Å²) in [6, 6.07) is 4.70. The predicted molar refractivity (Wildman–Crippen MR) is 67.5 cm³/mol. The number of rotatable bonds is 2. The molecule has 0 aliphatic heterocycles. The van der Waals surface area contributed by atoms with Gasteiger partial charge in [0.05, 0.1) is 6.10 Å². The molecule has 0 bridgehead atoms. The molecule has 1 aromatic heterocycles. The first kappa shape index (κ1) is 12.6. The highest BCUT2D eigenvalue weighted by Gasteiger charge is 2.10. The van der Waals surface area contributed by atoms with Gasteiger partial charge in [0.15, 0.2) is 5.82 Å². The molecule has 18 heavy (non-hydrogen) atoms. The Balaban J connectivity index is 2.48. The van der Waals surface area contributed by atoms with Crippen LogP contribution < -0.4 is 0 Å². The molecule has 0 saturated heterocycles. The van der Waals surface area contributed by atoms with Gasteiger partial charge < -0.3 is 5.11 Å². The molecule has 0 unspecified atom stereocenters. The third kappa shape index (κ3) is 2.54. The zero-order valence-corrected chi connectivity index (χ0v) is 10.6. The first-order valence-corrected chi connectivity index (χ1v) is 5.76. The zero-order valence-electron chi connectivity index (χ0n) is 10.6. The highest BCUT2D eigenvalue weighted by molar-refractivity contribution is 5.56. The smallest absolute Gasteiger partial charge is 0.159 e. The molecule has 1 atom stereocenters. The summed E-state index contributed by atoms with van der Waals surface area (Å²) in [6.45, 7) is 5.29. The molecule has 1 heterocycles. The van der Waals surface area contributed by atoms with Crippen molar-refractivity contribution in [3.8, 4) is 11.4 Å². The van der Waals surface area contributed by atoms with Crippen molar-refractivity contribution in [1.82, 2.24) is 9.97 Å². The Morgan fingerprint density at radius 3 is 2.50 bits per heavy atom. The number of aryl methyl sites for hydroxylation is 2. The second kappa shape index (κ2) is 4.82. The van der Waals surface area contributed by atoms with E-state index in [1.807, 2.05) is 13.0 Å². The Bertz CT molecular complexity index is 562. The molecule has 0 fully saturated rings. The van der Waals surface area contributed by atoms with Gasteiger partial charge in [0.25, 0.3) is 0 Å². The number of hydrogen-bond acceptors (Lipinski definition) is 3. The highest BCUT2D eigenvalue weighted by Crippen LogP contribution is 2.21. The number of aliphatic hydroxyl groups is 1. The third-order valence-corrected chi connectivity index (χ3v) is 2.77. The van der Waals surface area contributed by atoms with E-state index in [-0.39, 0.29) is 5.82 Å². The Labute approximate surface area is 105 Å². The molecule has 0 amide bonds. The molecule has 1 aromatic carbocycles. The molecule has 0 radical (unpaired) electrons. The van der Waals surface area contributed by atoms with Crippen molar-refractivity contribution in [2.45, 2.75) is 26.9 Å². The molecular formula is C14H15FN2O. The minimum Gasteiger partial charge on any atom is -0.389 e. The molecule has 1 N–H and O–H groups in total. The molecule has 94 valence electrons. The van der Waals surface area contributed by atoms with Crippen LogP contribution >= 0.6 is 0 Å². The first-order valence-electron chi connectivity index (χ1n) is 5.76. The maximum atomic E-state index is 13.3. The Hall–Kier alpha value is -1.81. The molecule has 2 aromatic rings. The molecule has 0 aliphatic rings. The summed E-state index contributed by atoms with van der Waals surface area (Å²) >= 11 is 0. The lowest BCUT2D eigenvalue weighted by Crippen LogP contribution is -2.01. The van der Waals surface area contributed by atoms with E-state index < -0.39 is 6.10 Å². The van der Waals surface area contributed by atoms with Gasteiger partial charge in [-0.3, -0.25) is 0 Å². The summed E-state index contributed by atoms with van der Waals surface area (Å²) in [4.78, 5) is 8.48. The van der Waals surface area contributed by atoms with E-state index in [0.717, 1.165) is 5.56 Å². The van der Waals surface area contributed by atoms with Crippen molar-refractivity contribution >= 4 is 0 Å². The average Bonchev–Trinajstić information content (AvgIpc) is 2.26. The molecule has 2 rings (SSSR count). The fourth-order valence-corrected chi connectivity index (χ4v) is 1.89. The normalized spacial score (nSPS) is 12.5. The molecule has 0 spiro atoms. The van der Waals surface area contributed by atoms with Crippen molar-refractivity contribution in [3.63, 3.8) is 0 Å². The van der Waals surface area contributed by atoms with E-state index in [1.54, 1.807) is 20.0 Å². The van der Waals surface area contributed by atoms with Gasteiger partial charge in [-0.2, -0.15) is 0 Å². The van der Waals surface area contributed by atoms with E-state index in [2.05, 4.69) is 9.97 Å². The summed E-state index contributed by atoms with van der Waals surface area (Å²) in [6.07, 6.45) is 0.982. The van der Waals surface area contributed by atoms with Gasteiger partial charge in [-0.05, 0) is 44.5 Å². The molecule has 3 nitrogen and oxygen atoms in total. The number of halogens is 1. The number of hydrogen-bond donors (Lipinski definition) is 1. The van der Waals surface area contributed by atoms with Gasteiger partial charge in [0.2, 0.25) is 0 Å². The van der Waals surface area contributed by atoms with Crippen molar-refractivity contribution in [3.05, 3.63) is 47.0 Å². The quantitative estimate of drug-likeness (QED) is 0.886. The largest absolute Gasteiger partial charge is 0.389 e. The maximum absolute atomic E-state index is 13.3. The number of benzene rings is 1. The van der Waals surface area contributed by atoms with Gasteiger partial charge in [0, 0.05) is 23.0 Å². The van der Waals surface area contributed by atoms with E-state index >= 15 is 0 Å². The van der Waals surface area contributed by atoms with Crippen LogP contribution in [-0.2, 0) is 0 Å². The Morgan fingerprint density at radius 2 is 1.94 bits per heavy atom. The van der Waals surface area contributed by atoms with Gasteiger partial charge in [0.1, 0.15) is 5.82 Å². The van der Waals surface area contributed by atoms with Crippen LogP contribution in [0.1, 0.15) is 29.8 Å². The lowest BCUT2D eigenvalue weighted by Gasteiger charge is -2.09. The van der Waals surface area contributed by atoms with Crippen LogP contribution in [-0.4, -0.2) is 15.1 Å². The second-order valence-corrected chi connectivity index (χ2v) is 4.43.